The van der Waals surface area contributed by atoms with Gasteiger partial charge in [-0.1, -0.05) is 44.4 Å². The molecule has 0 aliphatic heterocycles. The summed E-state index contributed by atoms with van der Waals surface area (Å²) in [4.78, 5) is 0. The van der Waals surface area contributed by atoms with Crippen LogP contribution in [0.2, 0.25) is 0 Å². The maximum absolute atomic E-state index is 9.04. The second-order valence-electron chi connectivity index (χ2n) is 3.29. The Morgan fingerprint density at radius 1 is 1.08 bits per heavy atom. The number of hydrogen-bond acceptors (Lipinski definition) is 1. The molecule has 0 aliphatic carbocycles. The van der Waals surface area contributed by atoms with Crippen LogP contribution >= 0.6 is 0 Å². The molecule has 0 atom stereocenters. The first kappa shape index (κ1) is 12.0. The van der Waals surface area contributed by atoms with Crippen molar-refractivity contribution in [1.29, 1.82) is 0 Å². The molecule has 0 bridgehead atoms. The first-order valence-electron chi connectivity index (χ1n) is 4.88. The van der Waals surface area contributed by atoms with Crippen LogP contribution in [0.3, 0.4) is 0 Å². The van der Waals surface area contributed by atoms with Gasteiger partial charge in [0.05, 0.1) is 0 Å². The highest BCUT2D eigenvalue weighted by atomic mass is 16.3. The molecular weight excluding hydrogens is 160 g/mol. The molecule has 0 aromatic heterocycles. The Hall–Kier alpha value is -0.980. The van der Waals surface area contributed by atoms with Crippen LogP contribution in [0.1, 0.15) is 37.8 Å². The Bertz CT molecular complexity index is 239. The van der Waals surface area contributed by atoms with E-state index in [1.54, 1.807) is 6.07 Å². The molecule has 13 heavy (non-hydrogen) atoms. The summed E-state index contributed by atoms with van der Waals surface area (Å²) in [6.45, 7) is 8.26. The number of benzene rings is 1. The van der Waals surface area contributed by atoms with Gasteiger partial charge >= 0.3 is 0 Å². The van der Waals surface area contributed by atoms with Crippen molar-refractivity contribution in [2.45, 2.75) is 40.5 Å². The molecule has 0 heterocycles. The van der Waals surface area contributed by atoms with E-state index in [0.717, 1.165) is 5.56 Å². The standard InChI is InChI=1S/C8H10O.C4H10/c1-6-3-4-8(9)7(2)5-6;1-3-4-2/h3-5,9H,1-2H3;3-4H2,1-2H3. The van der Waals surface area contributed by atoms with E-state index in [-0.39, 0.29) is 0 Å². The van der Waals surface area contributed by atoms with Crippen LogP contribution in [0.5, 0.6) is 5.75 Å². The fourth-order valence-corrected chi connectivity index (χ4v) is 0.805. The van der Waals surface area contributed by atoms with Crippen molar-refractivity contribution in [3.8, 4) is 5.75 Å². The average molecular weight is 180 g/mol. The third kappa shape index (κ3) is 5.29. The van der Waals surface area contributed by atoms with Crippen LogP contribution < -0.4 is 0 Å². The van der Waals surface area contributed by atoms with Crippen LogP contribution in [-0.4, -0.2) is 5.11 Å². The molecule has 0 saturated heterocycles. The molecule has 0 aliphatic rings. The Morgan fingerprint density at radius 3 is 1.92 bits per heavy atom. The van der Waals surface area contributed by atoms with Gasteiger partial charge in [-0.25, -0.2) is 0 Å². The summed E-state index contributed by atoms with van der Waals surface area (Å²) in [6.07, 6.45) is 2.64. The number of phenols is 1. The van der Waals surface area contributed by atoms with Gasteiger partial charge in [-0.2, -0.15) is 0 Å². The Balaban J connectivity index is 0.000000310. The van der Waals surface area contributed by atoms with Crippen LogP contribution in [-0.2, 0) is 0 Å². The summed E-state index contributed by atoms with van der Waals surface area (Å²) in [5.74, 6) is 0.376. The fourth-order valence-electron chi connectivity index (χ4n) is 0.805. The van der Waals surface area contributed by atoms with Gasteiger partial charge in [-0.3, -0.25) is 0 Å². The third-order valence-corrected chi connectivity index (χ3v) is 1.85. The SMILES string of the molecule is CCCC.Cc1ccc(O)c(C)c1. The second-order valence-corrected chi connectivity index (χ2v) is 3.29. The monoisotopic (exact) mass is 180 g/mol. The normalized spacial score (nSPS) is 8.92. The van der Waals surface area contributed by atoms with E-state index in [1.165, 1.54) is 18.4 Å². The topological polar surface area (TPSA) is 20.2 Å². The molecule has 0 unspecified atom stereocenters. The van der Waals surface area contributed by atoms with E-state index in [4.69, 9.17) is 5.11 Å². The zero-order valence-electron chi connectivity index (χ0n) is 9.09. The molecular formula is C12H20O. The van der Waals surface area contributed by atoms with E-state index in [9.17, 15) is 0 Å². The van der Waals surface area contributed by atoms with Crippen molar-refractivity contribution in [2.24, 2.45) is 0 Å². The Morgan fingerprint density at radius 2 is 1.62 bits per heavy atom. The van der Waals surface area contributed by atoms with Crippen LogP contribution in [0, 0.1) is 13.8 Å². The summed E-state index contributed by atoms with van der Waals surface area (Å²) in [6, 6.07) is 5.56. The third-order valence-electron chi connectivity index (χ3n) is 1.85. The van der Waals surface area contributed by atoms with Crippen LogP contribution in [0.25, 0.3) is 0 Å². The van der Waals surface area contributed by atoms with Gasteiger partial charge in [-0.05, 0) is 25.5 Å². The lowest BCUT2D eigenvalue weighted by atomic mass is 10.1. The predicted octanol–water partition coefficient (Wildman–Crippen LogP) is 3.82. The molecule has 1 aromatic rings. The highest BCUT2D eigenvalue weighted by Crippen LogP contribution is 2.15. The van der Waals surface area contributed by atoms with Crippen molar-refractivity contribution in [1.82, 2.24) is 0 Å². The van der Waals surface area contributed by atoms with Gasteiger partial charge in [0.2, 0.25) is 0 Å². The molecule has 0 saturated carbocycles. The molecule has 1 nitrogen and oxygen atoms in total. The Labute approximate surface area is 81.4 Å². The Kier molecular flexibility index (Phi) is 6.03. The fraction of sp³-hybridized carbons (Fsp3) is 0.500. The minimum absolute atomic E-state index is 0.376. The van der Waals surface area contributed by atoms with E-state index >= 15 is 0 Å². The first-order chi connectivity index (χ1) is 6.11. The lowest BCUT2D eigenvalue weighted by Crippen LogP contribution is -1.75. The van der Waals surface area contributed by atoms with Gasteiger partial charge in [0, 0.05) is 0 Å². The predicted molar refractivity (Wildman–Crippen MR) is 58.2 cm³/mol. The highest BCUT2D eigenvalue weighted by molar-refractivity contribution is 5.34. The van der Waals surface area contributed by atoms with Crippen molar-refractivity contribution < 1.29 is 5.11 Å². The van der Waals surface area contributed by atoms with Crippen LogP contribution in [0.15, 0.2) is 18.2 Å². The summed E-state index contributed by atoms with van der Waals surface area (Å²) in [7, 11) is 0. The van der Waals surface area contributed by atoms with E-state index in [0.29, 0.717) is 5.75 Å². The molecule has 1 heteroatoms. The van der Waals surface area contributed by atoms with Gasteiger partial charge in [0.1, 0.15) is 5.75 Å². The van der Waals surface area contributed by atoms with E-state index in [2.05, 4.69) is 13.8 Å². The average Bonchev–Trinajstić information content (AvgIpc) is 2.12. The summed E-state index contributed by atoms with van der Waals surface area (Å²) >= 11 is 0. The van der Waals surface area contributed by atoms with E-state index in [1.807, 2.05) is 26.0 Å². The minimum atomic E-state index is 0.376. The number of aromatic hydroxyl groups is 1. The summed E-state index contributed by atoms with van der Waals surface area (Å²) in [5.41, 5.74) is 2.13. The quantitative estimate of drug-likeness (QED) is 0.696. The van der Waals surface area contributed by atoms with E-state index < -0.39 is 0 Å². The summed E-state index contributed by atoms with van der Waals surface area (Å²) in [5, 5.41) is 9.04. The molecule has 74 valence electrons. The number of hydrogen-bond donors (Lipinski definition) is 1. The molecule has 1 rings (SSSR count). The lowest BCUT2D eigenvalue weighted by Gasteiger charge is -1.97. The van der Waals surface area contributed by atoms with Gasteiger partial charge in [0.15, 0.2) is 0 Å². The van der Waals surface area contributed by atoms with Crippen molar-refractivity contribution in [3.63, 3.8) is 0 Å². The van der Waals surface area contributed by atoms with Gasteiger partial charge in [0.25, 0.3) is 0 Å². The van der Waals surface area contributed by atoms with Crippen molar-refractivity contribution >= 4 is 0 Å². The second kappa shape index (κ2) is 6.53. The highest BCUT2D eigenvalue weighted by Gasteiger charge is 1.91. The maximum atomic E-state index is 9.04. The maximum Gasteiger partial charge on any atom is 0.118 e. The van der Waals surface area contributed by atoms with Crippen molar-refractivity contribution in [3.05, 3.63) is 29.3 Å². The largest absolute Gasteiger partial charge is 0.508 e. The summed E-state index contributed by atoms with van der Waals surface area (Å²) < 4.78 is 0. The minimum Gasteiger partial charge on any atom is -0.508 e. The zero-order chi connectivity index (χ0) is 10.3. The number of rotatable bonds is 1. The number of aryl methyl sites for hydroxylation is 2. The number of phenolic OH excluding ortho intramolecular Hbond substituents is 1. The smallest absolute Gasteiger partial charge is 0.118 e. The molecule has 0 spiro atoms. The van der Waals surface area contributed by atoms with Gasteiger partial charge in [-0.15, -0.1) is 0 Å². The van der Waals surface area contributed by atoms with Crippen molar-refractivity contribution in [2.75, 3.05) is 0 Å². The van der Waals surface area contributed by atoms with Gasteiger partial charge < -0.3 is 5.11 Å². The zero-order valence-corrected chi connectivity index (χ0v) is 9.09. The number of unbranched alkanes of at least 4 members (excludes halogenated alkanes) is 1. The van der Waals surface area contributed by atoms with Crippen LogP contribution in [0.4, 0.5) is 0 Å². The molecule has 0 amide bonds. The molecule has 0 fully saturated rings. The first-order valence-corrected chi connectivity index (χ1v) is 4.88. The lowest BCUT2D eigenvalue weighted by molar-refractivity contribution is 0.471. The molecule has 0 radical (unpaired) electrons. The molecule has 1 aromatic carbocycles. The molecule has 1 N–H and O–H groups in total.